The maximum atomic E-state index is 12.4. The van der Waals surface area contributed by atoms with Crippen LogP contribution >= 0.6 is 24.0 Å². The third kappa shape index (κ3) is 3.70. The number of thiocarbonyl (C=S) groups is 1. The number of rotatable bonds is 2. The van der Waals surface area contributed by atoms with Crippen molar-refractivity contribution in [1.29, 1.82) is 0 Å². The van der Waals surface area contributed by atoms with Crippen molar-refractivity contribution in [2.45, 2.75) is 25.0 Å². The molecule has 108 valence electrons. The molecule has 1 saturated heterocycles. The van der Waals surface area contributed by atoms with Crippen LogP contribution in [0, 0.1) is 0 Å². The molecule has 6 heteroatoms. The van der Waals surface area contributed by atoms with E-state index in [1.807, 2.05) is 16.7 Å². The van der Waals surface area contributed by atoms with E-state index in [1.54, 1.807) is 18.3 Å². The van der Waals surface area contributed by atoms with Gasteiger partial charge in [-0.3, -0.25) is 9.78 Å². The molecule has 1 aliphatic rings. The smallest absolute Gasteiger partial charge is 0.272 e. The zero-order chi connectivity index (χ0) is 14.8. The van der Waals surface area contributed by atoms with E-state index >= 15 is 0 Å². The Balaban J connectivity index is 2.09. The van der Waals surface area contributed by atoms with Gasteiger partial charge in [0.2, 0.25) is 0 Å². The minimum absolute atomic E-state index is 0.0159. The fraction of sp³-hybridized carbons (Fsp3) is 0.500. The van der Waals surface area contributed by atoms with Gasteiger partial charge in [-0.1, -0.05) is 26.1 Å². The normalized spacial score (nSPS) is 18.4. The van der Waals surface area contributed by atoms with E-state index in [2.05, 4.69) is 18.8 Å². The fourth-order valence-electron chi connectivity index (χ4n) is 2.05. The molecule has 2 N–H and O–H groups in total. The van der Waals surface area contributed by atoms with Crippen LogP contribution in [-0.4, -0.2) is 44.4 Å². The van der Waals surface area contributed by atoms with Gasteiger partial charge in [-0.15, -0.1) is 0 Å². The quantitative estimate of drug-likeness (QED) is 0.848. The molecule has 0 saturated carbocycles. The van der Waals surface area contributed by atoms with Gasteiger partial charge >= 0.3 is 0 Å². The first-order chi connectivity index (χ1) is 9.39. The summed E-state index contributed by atoms with van der Waals surface area (Å²) in [6, 6.07) is 3.44. The molecule has 0 aromatic carbocycles. The molecule has 1 amide bonds. The highest BCUT2D eigenvalue weighted by molar-refractivity contribution is 8.00. The minimum Gasteiger partial charge on any atom is -0.389 e. The Morgan fingerprint density at radius 3 is 2.80 bits per heavy atom. The second-order valence-electron chi connectivity index (χ2n) is 5.45. The van der Waals surface area contributed by atoms with Crippen molar-refractivity contribution in [3.63, 3.8) is 0 Å². The lowest BCUT2D eigenvalue weighted by Crippen LogP contribution is -2.34. The number of hydrogen-bond donors (Lipinski definition) is 1. The van der Waals surface area contributed by atoms with Gasteiger partial charge in [0, 0.05) is 35.3 Å². The van der Waals surface area contributed by atoms with Crippen molar-refractivity contribution in [2.75, 3.05) is 18.8 Å². The molecule has 0 aliphatic carbocycles. The van der Waals surface area contributed by atoms with Crippen molar-refractivity contribution in [1.82, 2.24) is 9.88 Å². The molecule has 2 heterocycles. The first-order valence-electron chi connectivity index (χ1n) is 6.58. The number of thioether (sulfide) groups is 1. The van der Waals surface area contributed by atoms with E-state index in [4.69, 9.17) is 18.0 Å². The maximum absolute atomic E-state index is 12.4. The van der Waals surface area contributed by atoms with Crippen molar-refractivity contribution in [2.24, 2.45) is 5.73 Å². The molecule has 0 bridgehead atoms. The Morgan fingerprint density at radius 2 is 2.20 bits per heavy atom. The van der Waals surface area contributed by atoms with Crippen molar-refractivity contribution >= 4 is 34.9 Å². The third-order valence-electron chi connectivity index (χ3n) is 3.39. The molecule has 0 unspecified atom stereocenters. The first kappa shape index (κ1) is 15.3. The molecule has 0 spiro atoms. The van der Waals surface area contributed by atoms with E-state index in [9.17, 15) is 4.79 Å². The van der Waals surface area contributed by atoms with Crippen LogP contribution in [0.15, 0.2) is 18.3 Å². The molecule has 4 nitrogen and oxygen atoms in total. The van der Waals surface area contributed by atoms with E-state index in [-0.39, 0.29) is 10.7 Å². The average Bonchev–Trinajstić information content (AvgIpc) is 2.59. The maximum Gasteiger partial charge on any atom is 0.272 e. The topological polar surface area (TPSA) is 59.2 Å². The Labute approximate surface area is 129 Å². The zero-order valence-electron chi connectivity index (χ0n) is 11.8. The molecule has 1 aliphatic heterocycles. The van der Waals surface area contributed by atoms with Crippen molar-refractivity contribution in [3.8, 4) is 0 Å². The summed E-state index contributed by atoms with van der Waals surface area (Å²) in [6.07, 6.45) is 2.56. The summed E-state index contributed by atoms with van der Waals surface area (Å²) in [5.41, 5.74) is 6.66. The molecule has 2 rings (SSSR count). The number of amides is 1. The predicted molar refractivity (Wildman–Crippen MR) is 87.2 cm³/mol. The van der Waals surface area contributed by atoms with Gasteiger partial charge in [0.15, 0.2) is 0 Å². The number of carbonyl (C=O) groups is 1. The highest BCUT2D eigenvalue weighted by atomic mass is 32.2. The number of nitrogens with two attached hydrogens (primary N) is 1. The number of aromatic nitrogens is 1. The van der Waals surface area contributed by atoms with Gasteiger partial charge in [-0.25, -0.2) is 0 Å². The van der Waals surface area contributed by atoms with Gasteiger partial charge in [-0.05, 0) is 18.6 Å². The Bertz CT molecular complexity index is 514. The lowest BCUT2D eigenvalue weighted by Gasteiger charge is -2.22. The first-order valence-corrected chi connectivity index (χ1v) is 7.97. The second-order valence-corrected chi connectivity index (χ2v) is 7.69. The SMILES string of the molecule is CC1(C)CCN(C(=O)c2ccc(C(N)=S)cn2)CCS1. The minimum atomic E-state index is -0.0159. The third-order valence-corrected chi connectivity index (χ3v) is 5.00. The molecule has 0 atom stereocenters. The highest BCUT2D eigenvalue weighted by Crippen LogP contribution is 2.30. The summed E-state index contributed by atoms with van der Waals surface area (Å²) in [7, 11) is 0. The summed E-state index contributed by atoms with van der Waals surface area (Å²) >= 11 is 6.79. The lowest BCUT2D eigenvalue weighted by atomic mass is 10.1. The van der Waals surface area contributed by atoms with Gasteiger partial charge in [0.1, 0.15) is 10.7 Å². The van der Waals surface area contributed by atoms with Crippen LogP contribution < -0.4 is 5.73 Å². The largest absolute Gasteiger partial charge is 0.389 e. The van der Waals surface area contributed by atoms with Crippen molar-refractivity contribution in [3.05, 3.63) is 29.6 Å². The van der Waals surface area contributed by atoms with E-state index < -0.39 is 0 Å². The molecule has 20 heavy (non-hydrogen) atoms. The lowest BCUT2D eigenvalue weighted by molar-refractivity contribution is 0.0758. The number of carbonyl (C=O) groups excluding carboxylic acids is 1. The van der Waals surface area contributed by atoms with Gasteiger partial charge in [0.05, 0.1) is 0 Å². The van der Waals surface area contributed by atoms with E-state index in [0.29, 0.717) is 16.2 Å². The van der Waals surface area contributed by atoms with Crippen LogP contribution in [0.5, 0.6) is 0 Å². The van der Waals surface area contributed by atoms with Crippen LogP contribution in [0.2, 0.25) is 0 Å². The number of pyridine rings is 1. The molecular weight excluding hydrogens is 290 g/mol. The molecule has 1 fully saturated rings. The van der Waals surface area contributed by atoms with Crippen LogP contribution in [-0.2, 0) is 0 Å². The van der Waals surface area contributed by atoms with Gasteiger partial charge < -0.3 is 10.6 Å². The van der Waals surface area contributed by atoms with E-state index in [1.165, 1.54) is 0 Å². The standard InChI is InChI=1S/C14H19N3OS2/c1-14(2)5-6-17(7-8-20-14)13(18)11-4-3-10(9-16-11)12(15)19/h3-4,9H,5-8H2,1-2H3,(H2,15,19). The Kier molecular flexibility index (Phi) is 4.65. The number of nitrogens with zero attached hydrogens (tertiary/aromatic N) is 2. The van der Waals surface area contributed by atoms with Crippen LogP contribution in [0.1, 0.15) is 36.3 Å². The zero-order valence-corrected chi connectivity index (χ0v) is 13.4. The van der Waals surface area contributed by atoms with Crippen LogP contribution in [0.4, 0.5) is 0 Å². The summed E-state index contributed by atoms with van der Waals surface area (Å²) < 4.78 is 0.234. The monoisotopic (exact) mass is 309 g/mol. The summed E-state index contributed by atoms with van der Waals surface area (Å²) in [5, 5.41) is 0. The Hall–Kier alpha value is -1.14. The highest BCUT2D eigenvalue weighted by Gasteiger charge is 2.26. The van der Waals surface area contributed by atoms with Crippen molar-refractivity contribution < 1.29 is 4.79 Å². The summed E-state index contributed by atoms with van der Waals surface area (Å²) in [5.74, 6) is 0.946. The van der Waals surface area contributed by atoms with E-state index in [0.717, 1.165) is 25.3 Å². The fourth-order valence-corrected chi connectivity index (χ4v) is 3.27. The van der Waals surface area contributed by atoms with Gasteiger partial charge in [0.25, 0.3) is 5.91 Å². The molecule has 1 aromatic rings. The molecular formula is C14H19N3OS2. The van der Waals surface area contributed by atoms with Crippen LogP contribution in [0.25, 0.3) is 0 Å². The Morgan fingerprint density at radius 1 is 1.45 bits per heavy atom. The summed E-state index contributed by atoms with van der Waals surface area (Å²) in [4.78, 5) is 18.8. The van der Waals surface area contributed by atoms with Gasteiger partial charge in [-0.2, -0.15) is 11.8 Å². The summed E-state index contributed by atoms with van der Waals surface area (Å²) in [6.45, 7) is 5.99. The molecule has 0 radical (unpaired) electrons. The second kappa shape index (κ2) is 6.10. The van der Waals surface area contributed by atoms with Crippen LogP contribution in [0.3, 0.4) is 0 Å². The molecule has 1 aromatic heterocycles. The predicted octanol–water partition coefficient (Wildman–Crippen LogP) is 2.07. The number of hydrogen-bond acceptors (Lipinski definition) is 4. The average molecular weight is 309 g/mol.